The van der Waals surface area contributed by atoms with Crippen molar-refractivity contribution in [1.29, 1.82) is 0 Å². The topological polar surface area (TPSA) is 190 Å². The molecule has 0 bridgehead atoms. The number of fused-ring (bicyclic) bond motifs is 4. The Labute approximate surface area is 545 Å². The Hall–Kier alpha value is -7.13. The van der Waals surface area contributed by atoms with Crippen LogP contribution in [0.1, 0.15) is 135 Å². The molecule has 0 radical (unpaired) electrons. The third-order valence-corrected chi connectivity index (χ3v) is 19.9. The van der Waals surface area contributed by atoms with E-state index in [1.165, 1.54) is 30.4 Å². The molecule has 1 aliphatic carbocycles. The van der Waals surface area contributed by atoms with Gasteiger partial charge in [0.2, 0.25) is 0 Å². The van der Waals surface area contributed by atoms with Gasteiger partial charge in [-0.2, -0.15) is 0 Å². The summed E-state index contributed by atoms with van der Waals surface area (Å²) < 4.78 is 29.0. The molecule has 5 aromatic heterocycles. The van der Waals surface area contributed by atoms with Crippen molar-refractivity contribution < 1.29 is 32.5 Å². The van der Waals surface area contributed by atoms with Gasteiger partial charge in [0.15, 0.2) is 0 Å². The normalized spacial score (nSPS) is 17.7. The molecule has 2 spiro atoms. The second kappa shape index (κ2) is 26.6. The van der Waals surface area contributed by atoms with Gasteiger partial charge in [0.25, 0.3) is 0 Å². The number of benzene rings is 3. The van der Waals surface area contributed by atoms with Crippen molar-refractivity contribution in [3.63, 3.8) is 0 Å². The number of hydrogen-bond donors (Lipinski definition) is 2. The molecule has 21 heteroatoms. The summed E-state index contributed by atoms with van der Waals surface area (Å²) in [6, 6.07) is 28.0. The number of anilines is 2. The number of aromatic nitrogens is 5. The van der Waals surface area contributed by atoms with Crippen LogP contribution in [0.4, 0.5) is 21.0 Å². The summed E-state index contributed by atoms with van der Waals surface area (Å²) in [5.41, 5.74) is 14.0. The van der Waals surface area contributed by atoms with Gasteiger partial charge in [0.05, 0.1) is 39.5 Å². The highest BCUT2D eigenvalue weighted by Gasteiger charge is 2.53. The van der Waals surface area contributed by atoms with Crippen molar-refractivity contribution in [2.24, 2.45) is 0 Å². The number of halogens is 3. The number of rotatable bonds is 10. The van der Waals surface area contributed by atoms with Gasteiger partial charge in [0, 0.05) is 87.8 Å². The number of pyridine rings is 2. The number of nitrogens with one attached hydrogen (secondary N) is 2. The fraction of sp³-hybridized carbons (Fsp3) is 0.406. The third kappa shape index (κ3) is 13.6. The zero-order valence-corrected chi connectivity index (χ0v) is 56.0. The monoisotopic (exact) mass is 1320 g/mol. The number of carbonyl (C=O) groups is 2. The van der Waals surface area contributed by atoms with Crippen molar-refractivity contribution in [3.8, 4) is 22.4 Å². The van der Waals surface area contributed by atoms with E-state index in [4.69, 9.17) is 46.1 Å². The predicted octanol–water partition coefficient (Wildman–Crippen LogP) is 15.1. The van der Waals surface area contributed by atoms with Crippen molar-refractivity contribution in [2.75, 3.05) is 42.5 Å². The summed E-state index contributed by atoms with van der Waals surface area (Å²) in [5.74, 6) is 2.28. The zero-order valence-electron chi connectivity index (χ0n) is 52.9. The number of aryl methyl sites for hydroxylation is 6. The van der Waals surface area contributed by atoms with Crippen molar-refractivity contribution in [1.82, 2.24) is 41.0 Å². The first-order chi connectivity index (χ1) is 43.0. The molecule has 8 aromatic rings. The molecular weight excluding hydrogens is 1240 g/mol. The number of carbonyl (C=O) groups excluding carboxylic acids is 2. The van der Waals surface area contributed by atoms with Crippen molar-refractivity contribution in [3.05, 3.63) is 180 Å². The molecule has 4 amide bonds. The number of nitrogens with zero attached hydrogens (tertiary/aromatic N) is 8. The lowest BCUT2D eigenvalue weighted by molar-refractivity contribution is 0.00578. The summed E-state index contributed by atoms with van der Waals surface area (Å²) in [7, 11) is -0.378. The van der Waals surface area contributed by atoms with Crippen LogP contribution in [0.15, 0.2) is 121 Å². The molecular formula is C69H78BBrCl2N10O7. The summed E-state index contributed by atoms with van der Waals surface area (Å²) >= 11 is 15.6. The van der Waals surface area contributed by atoms with Crippen LogP contribution in [0.3, 0.4) is 0 Å². The highest BCUT2D eigenvalue weighted by Crippen LogP contribution is 2.51. The highest BCUT2D eigenvalue weighted by atomic mass is 79.9. The van der Waals surface area contributed by atoms with E-state index >= 15 is 0 Å². The van der Waals surface area contributed by atoms with E-state index in [1.54, 1.807) is 18.5 Å². The second-order valence-corrected chi connectivity index (χ2v) is 27.3. The van der Waals surface area contributed by atoms with E-state index in [0.29, 0.717) is 24.8 Å². The van der Waals surface area contributed by atoms with Crippen LogP contribution in [-0.4, -0.2) is 93.4 Å². The van der Waals surface area contributed by atoms with Crippen LogP contribution in [-0.2, 0) is 33.2 Å². The molecule has 5 aliphatic rings. The van der Waals surface area contributed by atoms with Crippen LogP contribution in [0.5, 0.6) is 0 Å². The molecule has 470 valence electrons. The largest absolute Gasteiger partial charge is 0.500 e. The minimum atomic E-state index is -0.378. The first-order valence-electron chi connectivity index (χ1n) is 30.9. The van der Waals surface area contributed by atoms with Crippen LogP contribution in [0.25, 0.3) is 28.5 Å². The van der Waals surface area contributed by atoms with E-state index in [9.17, 15) is 9.59 Å². The first-order valence-corrected chi connectivity index (χ1v) is 32.5. The Morgan fingerprint density at radius 2 is 1.17 bits per heavy atom. The Kier molecular flexibility index (Phi) is 19.0. The Balaban J connectivity index is 0.000000164. The number of urea groups is 2. The number of likely N-dealkylation sites (tertiary alicyclic amines) is 1. The van der Waals surface area contributed by atoms with Gasteiger partial charge >= 0.3 is 19.2 Å². The quantitative estimate of drug-likeness (QED) is 0.0972. The summed E-state index contributed by atoms with van der Waals surface area (Å²) in [5, 5.41) is 19.6. The molecule has 0 atom stereocenters. The van der Waals surface area contributed by atoms with Gasteiger partial charge in [-0.05, 0) is 208 Å². The van der Waals surface area contributed by atoms with Gasteiger partial charge in [-0.15, -0.1) is 0 Å². The van der Waals surface area contributed by atoms with Gasteiger partial charge in [0.1, 0.15) is 22.4 Å². The molecule has 2 saturated heterocycles. The number of amides is 4. The van der Waals surface area contributed by atoms with Gasteiger partial charge < -0.3 is 33.5 Å². The van der Waals surface area contributed by atoms with Crippen LogP contribution in [0, 0.1) is 41.5 Å². The minimum absolute atomic E-state index is 0.0519. The standard InChI is InChI=1S/C38H39ClN6O3.C20H21BrClN3O.C11H18BNO3/c1-24-35(26(3)47-42-24)30-9-12-34-32(21-30)38(14-18-44(19-15-38)17-5-6-28-7-10-31(39)11-8-28)23-45(34)37(46)41-22-29-13-16-40-33(20-29)36-25(2)43-48-27(36)4;21-15-4-5-17-16(11-15)20(7-2-1-3-8-20)13-25(17)19(26)24-12-14-6-9-23-18(22)10-14;1-7-9(8(2)14-13-7)12-15-10(3,4)11(5,6)16-12/h5-13,16,20-21H,14-15,17-19,22-23H2,1-4H3,(H,41,46);4-6,9-11H,1-3,7-8,12-13H2,(H,24,26);1-6H3/b6-5+;;. The molecule has 9 heterocycles. The van der Waals surface area contributed by atoms with E-state index in [1.807, 2.05) is 128 Å². The maximum Gasteiger partial charge on any atom is 0.500 e. The molecule has 4 aliphatic heterocycles. The van der Waals surface area contributed by atoms with Gasteiger partial charge in [-0.3, -0.25) is 19.7 Å². The molecule has 0 unspecified atom stereocenters. The number of piperidine rings is 1. The van der Waals surface area contributed by atoms with Gasteiger partial charge in [-0.1, -0.05) is 104 Å². The van der Waals surface area contributed by atoms with E-state index in [0.717, 1.165) is 152 Å². The second-order valence-electron chi connectivity index (χ2n) is 25.5. The van der Waals surface area contributed by atoms with Crippen LogP contribution < -0.4 is 25.9 Å². The average Bonchev–Trinajstić information content (AvgIpc) is 1.61. The Morgan fingerprint density at radius 3 is 1.74 bits per heavy atom. The average molecular weight is 1320 g/mol. The lowest BCUT2D eigenvalue weighted by Gasteiger charge is -2.39. The number of hydrogen-bond acceptors (Lipinski definition) is 13. The molecule has 17 nitrogen and oxygen atoms in total. The summed E-state index contributed by atoms with van der Waals surface area (Å²) in [6.07, 6.45) is 15.8. The zero-order chi connectivity index (χ0) is 63.7. The Morgan fingerprint density at radius 1 is 0.622 bits per heavy atom. The maximum absolute atomic E-state index is 13.9. The molecule has 3 fully saturated rings. The van der Waals surface area contributed by atoms with Crippen LogP contribution >= 0.6 is 39.1 Å². The molecule has 1 saturated carbocycles. The predicted molar refractivity (Wildman–Crippen MR) is 357 cm³/mol. The smallest absolute Gasteiger partial charge is 0.399 e. The molecule has 13 rings (SSSR count). The fourth-order valence-corrected chi connectivity index (χ4v) is 14.0. The maximum atomic E-state index is 13.9. The van der Waals surface area contributed by atoms with Crippen molar-refractivity contribution >= 4 is 81.2 Å². The van der Waals surface area contributed by atoms with E-state index in [2.05, 4.69) is 99.4 Å². The fourth-order valence-electron chi connectivity index (χ4n) is 13.3. The highest BCUT2D eigenvalue weighted by molar-refractivity contribution is 9.10. The molecule has 2 N–H and O–H groups in total. The summed E-state index contributed by atoms with van der Waals surface area (Å²) in [4.78, 5) is 41.7. The summed E-state index contributed by atoms with van der Waals surface area (Å²) in [6.45, 7) is 24.6. The Bertz CT molecular complexity index is 3870. The van der Waals surface area contributed by atoms with Gasteiger partial charge in [-0.25, -0.2) is 14.6 Å². The lowest BCUT2D eigenvalue weighted by Crippen LogP contribution is -2.47. The van der Waals surface area contributed by atoms with Crippen molar-refractivity contribution in [2.45, 2.75) is 149 Å². The van der Waals surface area contributed by atoms with E-state index < -0.39 is 0 Å². The first kappa shape index (κ1) is 64.4. The molecule has 90 heavy (non-hydrogen) atoms. The molecule has 3 aromatic carbocycles. The SMILES string of the molecule is Cc1noc(C)c1-c1ccc2c(c1)C1(CCN(C/C=C/c3ccc(Cl)cc3)CC1)CN2C(=O)NCc1ccnc(-c2c(C)noc2C)c1.Cc1noc(C)c1B1OC(C)(C)C(C)(C)O1.O=C(NCc1ccnc(Cl)c1)N1CC2(CCCCC2)c2cc(Br)ccc21. The lowest BCUT2D eigenvalue weighted by atomic mass is 9.71. The van der Waals surface area contributed by atoms with Crippen LogP contribution in [0.2, 0.25) is 10.2 Å². The van der Waals surface area contributed by atoms with E-state index in [-0.39, 0.29) is 41.2 Å². The minimum Gasteiger partial charge on any atom is -0.399 e. The third-order valence-electron chi connectivity index (χ3n) is 19.0.